The Morgan fingerprint density at radius 2 is 1.90 bits per heavy atom. The highest BCUT2D eigenvalue weighted by atomic mass is 19.1. The van der Waals surface area contributed by atoms with Gasteiger partial charge in [0.15, 0.2) is 0 Å². The number of aromatic nitrogens is 2. The molecule has 1 N–H and O–H groups in total. The molecular formula is C15H13FN4. The minimum atomic E-state index is -0.521. The van der Waals surface area contributed by atoms with Gasteiger partial charge < -0.3 is 5.32 Å². The van der Waals surface area contributed by atoms with Gasteiger partial charge in [-0.25, -0.2) is 9.97 Å². The number of hydrogen-bond acceptors (Lipinski definition) is 4. The molecule has 100 valence electrons. The average molecular weight is 268 g/mol. The van der Waals surface area contributed by atoms with E-state index in [0.717, 1.165) is 5.70 Å². The highest BCUT2D eigenvalue weighted by molar-refractivity contribution is 5.77. The maximum Gasteiger partial charge on any atom is 0.213 e. The van der Waals surface area contributed by atoms with Crippen molar-refractivity contribution < 1.29 is 4.39 Å². The van der Waals surface area contributed by atoms with Crippen molar-refractivity contribution in [1.82, 2.24) is 9.97 Å². The topological polar surface area (TPSA) is 50.2 Å². The molecule has 0 bridgehead atoms. The Hall–Kier alpha value is -2.82. The van der Waals surface area contributed by atoms with Crippen LogP contribution in [0.2, 0.25) is 0 Å². The number of rotatable bonds is 5. The molecule has 0 atom stereocenters. The molecule has 0 saturated heterocycles. The van der Waals surface area contributed by atoms with Crippen LogP contribution in [0, 0.1) is 5.95 Å². The summed E-state index contributed by atoms with van der Waals surface area (Å²) in [5, 5.41) is 3.08. The van der Waals surface area contributed by atoms with Gasteiger partial charge in [0, 0.05) is 18.1 Å². The second kappa shape index (κ2) is 6.38. The molecule has 0 aromatic carbocycles. The first kappa shape index (κ1) is 13.6. The van der Waals surface area contributed by atoms with Gasteiger partial charge in [-0.05, 0) is 36.4 Å². The summed E-state index contributed by atoms with van der Waals surface area (Å²) in [4.78, 5) is 12.0. The zero-order chi connectivity index (χ0) is 14.4. The van der Waals surface area contributed by atoms with Crippen molar-refractivity contribution in [3.05, 3.63) is 67.4 Å². The van der Waals surface area contributed by atoms with Gasteiger partial charge in [0.05, 0.1) is 11.0 Å². The van der Waals surface area contributed by atoms with Crippen molar-refractivity contribution in [3.8, 4) is 0 Å². The minimum absolute atomic E-state index is 0.507. The zero-order valence-electron chi connectivity index (χ0n) is 10.8. The van der Waals surface area contributed by atoms with E-state index in [2.05, 4.69) is 33.4 Å². The molecule has 20 heavy (non-hydrogen) atoms. The molecule has 5 heteroatoms. The Bertz CT molecular complexity index is 704. The fourth-order valence-corrected chi connectivity index (χ4v) is 1.55. The van der Waals surface area contributed by atoms with Crippen LogP contribution in [0.5, 0.6) is 0 Å². The third kappa shape index (κ3) is 3.35. The summed E-state index contributed by atoms with van der Waals surface area (Å²) < 4.78 is 13.0. The van der Waals surface area contributed by atoms with Crippen LogP contribution in [0.1, 0.15) is 0 Å². The molecule has 2 rings (SSSR count). The monoisotopic (exact) mass is 268 g/mol. The van der Waals surface area contributed by atoms with E-state index in [1.807, 2.05) is 0 Å². The summed E-state index contributed by atoms with van der Waals surface area (Å²) in [5.74, 6) is 0.0939. The lowest BCUT2D eigenvalue weighted by Gasteiger charge is -2.06. The van der Waals surface area contributed by atoms with E-state index in [9.17, 15) is 4.39 Å². The Morgan fingerprint density at radius 3 is 2.65 bits per heavy atom. The van der Waals surface area contributed by atoms with Crippen molar-refractivity contribution in [1.29, 1.82) is 0 Å². The fourth-order valence-electron chi connectivity index (χ4n) is 1.55. The molecule has 0 spiro atoms. The lowest BCUT2D eigenvalue weighted by molar-refractivity contribution is 0.589. The second-order valence-corrected chi connectivity index (χ2v) is 3.80. The predicted octanol–water partition coefficient (Wildman–Crippen LogP) is 3.47. The molecule has 2 aromatic heterocycles. The fraction of sp³-hybridized carbons (Fsp3) is 0. The van der Waals surface area contributed by atoms with E-state index in [4.69, 9.17) is 0 Å². The molecule has 0 fully saturated rings. The maximum absolute atomic E-state index is 13.0. The van der Waals surface area contributed by atoms with Crippen LogP contribution in [0.25, 0.3) is 11.0 Å². The quantitative estimate of drug-likeness (QED) is 0.513. The van der Waals surface area contributed by atoms with E-state index in [1.54, 1.807) is 36.6 Å². The molecule has 0 unspecified atom stereocenters. The summed E-state index contributed by atoms with van der Waals surface area (Å²) in [5.41, 5.74) is 1.85. The summed E-state index contributed by atoms with van der Waals surface area (Å²) >= 11 is 0. The molecule has 0 aliphatic heterocycles. The third-order valence-electron chi connectivity index (χ3n) is 2.45. The van der Waals surface area contributed by atoms with Gasteiger partial charge in [0.25, 0.3) is 0 Å². The number of allylic oxidation sites excluding steroid dienone is 2. The third-order valence-corrected chi connectivity index (χ3v) is 2.45. The lowest BCUT2D eigenvalue weighted by atomic mass is 10.3. The maximum atomic E-state index is 13.0. The van der Waals surface area contributed by atoms with Crippen molar-refractivity contribution in [2.75, 3.05) is 5.32 Å². The number of fused-ring (bicyclic) bond motifs is 1. The standard InChI is InChI=1S/C15H13FN4/c1-3-11(9-10-17-4-2)18-15-8-6-12-13(20-15)5-7-14(16)19-12/h3-10H,1-2H2,(H,18,20)/b11-9+,17-10-. The van der Waals surface area contributed by atoms with Crippen molar-refractivity contribution >= 4 is 23.1 Å². The number of pyridine rings is 2. The SMILES string of the molecule is C=C/N=C\C=C(/C=C)Nc1ccc2nc(F)ccc2n1. The number of nitrogens with one attached hydrogen (secondary N) is 1. The highest BCUT2D eigenvalue weighted by Gasteiger charge is 2.01. The smallest absolute Gasteiger partial charge is 0.213 e. The number of hydrogen-bond donors (Lipinski definition) is 1. The van der Waals surface area contributed by atoms with E-state index < -0.39 is 5.95 Å². The lowest BCUT2D eigenvalue weighted by Crippen LogP contribution is -2.00. The van der Waals surface area contributed by atoms with E-state index >= 15 is 0 Å². The number of aliphatic imine (C=N–C) groups is 1. The Labute approximate surface area is 116 Å². The molecule has 0 radical (unpaired) electrons. The molecule has 0 aliphatic rings. The van der Waals surface area contributed by atoms with Crippen LogP contribution in [0.3, 0.4) is 0 Å². The average Bonchev–Trinajstić information content (AvgIpc) is 2.46. The Morgan fingerprint density at radius 1 is 1.15 bits per heavy atom. The Kier molecular flexibility index (Phi) is 4.34. The minimum Gasteiger partial charge on any atom is -0.340 e. The van der Waals surface area contributed by atoms with E-state index in [1.165, 1.54) is 12.3 Å². The van der Waals surface area contributed by atoms with Crippen LogP contribution in [0.4, 0.5) is 10.2 Å². The van der Waals surface area contributed by atoms with Crippen LogP contribution in [-0.4, -0.2) is 16.2 Å². The number of anilines is 1. The first-order valence-electron chi connectivity index (χ1n) is 5.90. The molecule has 2 heterocycles. The first-order valence-corrected chi connectivity index (χ1v) is 5.90. The van der Waals surface area contributed by atoms with E-state index in [0.29, 0.717) is 16.9 Å². The normalized spacial score (nSPS) is 11.8. The van der Waals surface area contributed by atoms with Crippen molar-refractivity contribution in [2.24, 2.45) is 4.99 Å². The predicted molar refractivity (Wildman–Crippen MR) is 80.1 cm³/mol. The summed E-state index contributed by atoms with van der Waals surface area (Å²) in [6.45, 7) is 7.19. The summed E-state index contributed by atoms with van der Waals surface area (Å²) in [7, 11) is 0. The molecule has 4 nitrogen and oxygen atoms in total. The second-order valence-electron chi connectivity index (χ2n) is 3.80. The van der Waals surface area contributed by atoms with Crippen LogP contribution >= 0.6 is 0 Å². The number of halogens is 1. The Balaban J connectivity index is 2.26. The van der Waals surface area contributed by atoms with Crippen LogP contribution < -0.4 is 5.32 Å². The van der Waals surface area contributed by atoms with Gasteiger partial charge in [-0.1, -0.05) is 13.2 Å². The molecule has 2 aromatic rings. The molecule has 0 aliphatic carbocycles. The van der Waals surface area contributed by atoms with Crippen LogP contribution in [-0.2, 0) is 0 Å². The molecular weight excluding hydrogens is 255 g/mol. The summed E-state index contributed by atoms with van der Waals surface area (Å²) in [6, 6.07) is 6.28. The van der Waals surface area contributed by atoms with Gasteiger partial charge in [0.2, 0.25) is 5.95 Å². The molecule has 0 amide bonds. The highest BCUT2D eigenvalue weighted by Crippen LogP contribution is 2.15. The largest absolute Gasteiger partial charge is 0.340 e. The molecule has 0 saturated carbocycles. The van der Waals surface area contributed by atoms with Gasteiger partial charge in [0.1, 0.15) is 5.82 Å². The van der Waals surface area contributed by atoms with Crippen molar-refractivity contribution in [3.63, 3.8) is 0 Å². The summed E-state index contributed by atoms with van der Waals surface area (Å²) in [6.07, 6.45) is 6.41. The van der Waals surface area contributed by atoms with Crippen LogP contribution in [0.15, 0.2) is 66.5 Å². The van der Waals surface area contributed by atoms with Gasteiger partial charge >= 0.3 is 0 Å². The van der Waals surface area contributed by atoms with Gasteiger partial charge in [-0.2, -0.15) is 4.39 Å². The van der Waals surface area contributed by atoms with Crippen molar-refractivity contribution in [2.45, 2.75) is 0 Å². The number of nitrogens with zero attached hydrogens (tertiary/aromatic N) is 3. The van der Waals surface area contributed by atoms with Gasteiger partial charge in [-0.3, -0.25) is 4.99 Å². The van der Waals surface area contributed by atoms with Gasteiger partial charge in [-0.15, -0.1) is 0 Å². The first-order chi connectivity index (χ1) is 9.72. The zero-order valence-corrected chi connectivity index (χ0v) is 10.8. The van der Waals surface area contributed by atoms with E-state index in [-0.39, 0.29) is 0 Å².